The quantitative estimate of drug-likeness (QED) is 0.377. The Morgan fingerprint density at radius 2 is 1.85 bits per heavy atom. The van der Waals surface area contributed by atoms with Crippen LogP contribution in [0.2, 0.25) is 15.1 Å². The Labute approximate surface area is 164 Å². The Bertz CT molecular complexity index is 993. The molecule has 0 fully saturated rings. The second kappa shape index (κ2) is 8.36. The van der Waals surface area contributed by atoms with Gasteiger partial charge in [0.05, 0.1) is 32.5 Å². The molecule has 1 N–H and O–H groups in total. The molecule has 0 radical (unpaired) electrons. The van der Waals surface area contributed by atoms with Crippen molar-refractivity contribution < 1.29 is 9.53 Å². The van der Waals surface area contributed by atoms with Gasteiger partial charge in [0.25, 0.3) is 5.91 Å². The van der Waals surface area contributed by atoms with E-state index in [1.54, 1.807) is 0 Å². The number of hydrogen-bond donors (Lipinski definition) is 1. The van der Waals surface area contributed by atoms with Crippen LogP contribution in [0.15, 0.2) is 53.6 Å². The molecule has 0 aliphatic rings. The van der Waals surface area contributed by atoms with Crippen molar-refractivity contribution in [1.82, 2.24) is 10.4 Å². The lowest BCUT2D eigenvalue weighted by atomic mass is 10.2. The topological polar surface area (TPSA) is 63.6 Å². The zero-order valence-corrected chi connectivity index (χ0v) is 15.5. The highest BCUT2D eigenvalue weighted by molar-refractivity contribution is 6.43. The first kappa shape index (κ1) is 18.5. The molecule has 5 nitrogen and oxygen atoms in total. The highest BCUT2D eigenvalue weighted by Gasteiger charge is 2.09. The van der Waals surface area contributed by atoms with Crippen LogP contribution < -0.4 is 10.2 Å². The van der Waals surface area contributed by atoms with Gasteiger partial charge in [-0.25, -0.2) is 10.4 Å². The number of benzene rings is 2. The van der Waals surface area contributed by atoms with E-state index in [2.05, 4.69) is 15.5 Å². The maximum atomic E-state index is 11.8. The average Bonchev–Trinajstić information content (AvgIpc) is 2.63. The van der Waals surface area contributed by atoms with Gasteiger partial charge in [0, 0.05) is 11.5 Å². The summed E-state index contributed by atoms with van der Waals surface area (Å²) in [5.41, 5.74) is 3.83. The fraction of sp³-hybridized carbons (Fsp3) is 0.0556. The fourth-order valence-corrected chi connectivity index (χ4v) is 2.71. The number of aromatic nitrogens is 1. The number of carbonyl (C=O) groups is 1. The predicted molar refractivity (Wildman–Crippen MR) is 104 cm³/mol. The van der Waals surface area contributed by atoms with Crippen molar-refractivity contribution in [3.8, 4) is 5.75 Å². The third-order valence-electron chi connectivity index (χ3n) is 3.34. The van der Waals surface area contributed by atoms with Gasteiger partial charge in [-0.1, -0.05) is 59.1 Å². The zero-order chi connectivity index (χ0) is 18.5. The number of hydrogen-bond acceptors (Lipinski definition) is 4. The highest BCUT2D eigenvalue weighted by Crippen LogP contribution is 2.33. The lowest BCUT2D eigenvalue weighted by Crippen LogP contribution is -2.24. The number of halogens is 3. The molecule has 26 heavy (non-hydrogen) atoms. The van der Waals surface area contributed by atoms with Gasteiger partial charge in [-0.2, -0.15) is 5.10 Å². The third-order valence-corrected chi connectivity index (χ3v) is 4.36. The van der Waals surface area contributed by atoms with Crippen LogP contribution in [0, 0.1) is 0 Å². The minimum atomic E-state index is -0.454. The van der Waals surface area contributed by atoms with E-state index in [0.29, 0.717) is 10.7 Å². The molecular weight excluding hydrogens is 397 g/mol. The van der Waals surface area contributed by atoms with Crippen LogP contribution in [0.4, 0.5) is 0 Å². The molecule has 8 heteroatoms. The highest BCUT2D eigenvalue weighted by atomic mass is 35.5. The first-order valence-electron chi connectivity index (χ1n) is 7.48. The monoisotopic (exact) mass is 407 g/mol. The minimum Gasteiger partial charge on any atom is -0.482 e. The number of fused-ring (bicyclic) bond motifs is 1. The van der Waals surface area contributed by atoms with Crippen molar-refractivity contribution in [1.29, 1.82) is 0 Å². The lowest BCUT2D eigenvalue weighted by Gasteiger charge is -2.08. The summed E-state index contributed by atoms with van der Waals surface area (Å²) in [5, 5.41) is 5.75. The van der Waals surface area contributed by atoms with Crippen molar-refractivity contribution in [3.63, 3.8) is 0 Å². The number of amides is 1. The smallest absolute Gasteiger partial charge is 0.277 e. The van der Waals surface area contributed by atoms with Crippen molar-refractivity contribution in [2.75, 3.05) is 6.61 Å². The Kier molecular flexibility index (Phi) is 5.93. The molecule has 1 amide bonds. The van der Waals surface area contributed by atoms with E-state index in [4.69, 9.17) is 39.5 Å². The zero-order valence-electron chi connectivity index (χ0n) is 13.2. The van der Waals surface area contributed by atoms with E-state index >= 15 is 0 Å². The van der Waals surface area contributed by atoms with Gasteiger partial charge in [0.2, 0.25) is 0 Å². The molecule has 132 valence electrons. The van der Waals surface area contributed by atoms with Crippen LogP contribution in [-0.2, 0) is 4.79 Å². The minimum absolute atomic E-state index is 0.260. The number of para-hydroxylation sites is 1. The van der Waals surface area contributed by atoms with Crippen molar-refractivity contribution in [2.45, 2.75) is 0 Å². The molecule has 0 unspecified atom stereocenters. The Balaban J connectivity index is 1.56. The van der Waals surface area contributed by atoms with Crippen molar-refractivity contribution in [2.24, 2.45) is 5.10 Å². The summed E-state index contributed by atoms with van der Waals surface area (Å²) in [5.74, 6) is -0.194. The summed E-state index contributed by atoms with van der Waals surface area (Å²) in [4.78, 5) is 16.2. The molecule has 1 aromatic heterocycles. The number of rotatable bonds is 5. The molecule has 3 aromatic rings. The number of carbonyl (C=O) groups excluding carboxylic acids is 1. The van der Waals surface area contributed by atoms with Crippen LogP contribution in [-0.4, -0.2) is 23.7 Å². The van der Waals surface area contributed by atoms with E-state index < -0.39 is 5.91 Å². The Morgan fingerprint density at radius 3 is 2.69 bits per heavy atom. The molecule has 3 rings (SSSR count). The Morgan fingerprint density at radius 1 is 1.08 bits per heavy atom. The first-order valence-corrected chi connectivity index (χ1v) is 8.61. The number of hydrazone groups is 1. The third kappa shape index (κ3) is 4.64. The van der Waals surface area contributed by atoms with E-state index in [9.17, 15) is 4.79 Å². The van der Waals surface area contributed by atoms with E-state index in [1.807, 2.05) is 36.4 Å². The molecule has 1 heterocycles. The van der Waals surface area contributed by atoms with Crippen LogP contribution >= 0.6 is 34.8 Å². The molecule has 0 saturated carbocycles. The van der Waals surface area contributed by atoms with Crippen LogP contribution in [0.3, 0.4) is 0 Å². The summed E-state index contributed by atoms with van der Waals surface area (Å²) in [7, 11) is 0. The molecule has 0 aliphatic carbocycles. The van der Waals surface area contributed by atoms with E-state index in [-0.39, 0.29) is 22.4 Å². The average molecular weight is 409 g/mol. The van der Waals surface area contributed by atoms with E-state index in [1.165, 1.54) is 18.3 Å². The first-order chi connectivity index (χ1) is 12.5. The molecule has 0 aliphatic heterocycles. The maximum Gasteiger partial charge on any atom is 0.277 e. The molecule has 0 spiro atoms. The largest absolute Gasteiger partial charge is 0.482 e. The normalized spacial score (nSPS) is 11.0. The predicted octanol–water partition coefficient (Wildman–Crippen LogP) is 4.72. The van der Waals surface area contributed by atoms with Crippen LogP contribution in [0.5, 0.6) is 5.75 Å². The molecule has 0 atom stereocenters. The number of pyridine rings is 1. The lowest BCUT2D eigenvalue weighted by molar-refractivity contribution is -0.123. The molecule has 0 saturated heterocycles. The second-order valence-corrected chi connectivity index (χ2v) is 6.43. The van der Waals surface area contributed by atoms with Gasteiger partial charge in [0.1, 0.15) is 5.75 Å². The number of nitrogens with zero attached hydrogens (tertiary/aromatic N) is 2. The van der Waals surface area contributed by atoms with Crippen LogP contribution in [0.1, 0.15) is 5.69 Å². The summed E-state index contributed by atoms with van der Waals surface area (Å²) < 4.78 is 5.32. The fourth-order valence-electron chi connectivity index (χ4n) is 2.11. The van der Waals surface area contributed by atoms with E-state index in [0.717, 1.165) is 10.9 Å². The van der Waals surface area contributed by atoms with Gasteiger partial charge in [-0.05, 0) is 18.2 Å². The van der Waals surface area contributed by atoms with Gasteiger partial charge in [-0.3, -0.25) is 4.79 Å². The van der Waals surface area contributed by atoms with Crippen molar-refractivity contribution >= 4 is 57.8 Å². The number of nitrogens with one attached hydrogen (secondary N) is 1. The number of ether oxygens (including phenoxy) is 1. The summed E-state index contributed by atoms with van der Waals surface area (Å²) in [6.45, 7) is -0.278. The Hall–Kier alpha value is -2.34. The molecule has 2 aromatic carbocycles. The summed E-state index contributed by atoms with van der Waals surface area (Å²) >= 11 is 17.7. The van der Waals surface area contributed by atoms with Crippen LogP contribution in [0.25, 0.3) is 10.9 Å². The molecule has 0 bridgehead atoms. The maximum absolute atomic E-state index is 11.8. The van der Waals surface area contributed by atoms with Gasteiger partial charge < -0.3 is 4.74 Å². The van der Waals surface area contributed by atoms with Gasteiger partial charge in [-0.15, -0.1) is 0 Å². The van der Waals surface area contributed by atoms with Crippen molar-refractivity contribution in [3.05, 3.63) is 69.3 Å². The SMILES string of the molecule is O=C(COc1cc(Cl)c(Cl)cc1Cl)NN=Cc1ccc2ccccc2n1. The summed E-state index contributed by atoms with van der Waals surface area (Å²) in [6.07, 6.45) is 1.45. The summed E-state index contributed by atoms with van der Waals surface area (Å²) in [6, 6.07) is 14.4. The molecular formula is C18H12Cl3N3O2. The van der Waals surface area contributed by atoms with Gasteiger partial charge >= 0.3 is 0 Å². The van der Waals surface area contributed by atoms with Gasteiger partial charge in [0.15, 0.2) is 6.61 Å². The second-order valence-electron chi connectivity index (χ2n) is 5.21. The standard InChI is InChI=1S/C18H12Cl3N3O2/c19-13-7-15(21)17(8-14(13)20)26-10-18(25)24-22-9-12-6-5-11-3-1-2-4-16(11)23-12/h1-9H,10H2,(H,24,25).